The van der Waals surface area contributed by atoms with Gasteiger partial charge in [0.05, 0.1) is 12.2 Å². The van der Waals surface area contributed by atoms with Gasteiger partial charge < -0.3 is 15.4 Å². The number of rotatable bonds is 5. The first-order chi connectivity index (χ1) is 9.18. The molecule has 0 radical (unpaired) electrons. The zero-order valence-electron chi connectivity index (χ0n) is 11.5. The van der Waals surface area contributed by atoms with Crippen molar-refractivity contribution in [3.8, 4) is 0 Å². The first-order valence-corrected chi connectivity index (χ1v) is 6.05. The third-order valence-electron chi connectivity index (χ3n) is 2.63. The molecule has 0 fully saturated rings. The van der Waals surface area contributed by atoms with Crippen molar-refractivity contribution in [3.63, 3.8) is 0 Å². The van der Waals surface area contributed by atoms with Crippen LogP contribution in [0.15, 0.2) is 4.79 Å². The molecule has 3 N–H and O–H groups in total. The lowest BCUT2D eigenvalue weighted by Crippen LogP contribution is -2.41. The molecule has 0 saturated heterocycles. The number of carbonyl (C=O) groups is 1. The minimum absolute atomic E-state index is 0.0303. The van der Waals surface area contributed by atoms with E-state index in [1.54, 1.807) is 0 Å². The van der Waals surface area contributed by atoms with Crippen LogP contribution in [0.1, 0.15) is 41.6 Å². The molecular formula is C12H17F2N3O3. The Bertz CT molecular complexity index is 555. The Balaban J connectivity index is 2.98. The number of amides is 1. The second-order valence-corrected chi connectivity index (χ2v) is 4.76. The average Bonchev–Trinajstić information content (AvgIpc) is 2.35. The van der Waals surface area contributed by atoms with Gasteiger partial charge in [0.2, 0.25) is 0 Å². The zero-order valence-corrected chi connectivity index (χ0v) is 11.5. The predicted molar refractivity (Wildman–Crippen MR) is 68.0 cm³/mol. The summed E-state index contributed by atoms with van der Waals surface area (Å²) in [7, 11) is 0. The van der Waals surface area contributed by atoms with Crippen molar-refractivity contribution in [3.05, 3.63) is 27.4 Å². The van der Waals surface area contributed by atoms with Crippen LogP contribution in [0.25, 0.3) is 0 Å². The highest BCUT2D eigenvalue weighted by Gasteiger charge is 2.29. The van der Waals surface area contributed by atoms with Crippen LogP contribution in [0, 0.1) is 6.92 Å². The highest BCUT2D eigenvalue weighted by molar-refractivity contribution is 5.94. The van der Waals surface area contributed by atoms with Gasteiger partial charge in [-0.05, 0) is 6.92 Å². The second-order valence-electron chi connectivity index (χ2n) is 4.76. The van der Waals surface area contributed by atoms with Crippen molar-refractivity contribution in [1.82, 2.24) is 15.3 Å². The van der Waals surface area contributed by atoms with E-state index in [1.807, 2.05) is 19.2 Å². The molecule has 1 rings (SSSR count). The van der Waals surface area contributed by atoms with Gasteiger partial charge in [-0.15, -0.1) is 0 Å². The number of nitrogens with one attached hydrogen (secondary N) is 2. The molecule has 0 atom stereocenters. The number of alkyl halides is 2. The molecule has 20 heavy (non-hydrogen) atoms. The highest BCUT2D eigenvalue weighted by Crippen LogP contribution is 2.11. The van der Waals surface area contributed by atoms with Crippen LogP contribution in [-0.4, -0.2) is 40.1 Å². The number of halogens is 2. The molecule has 0 aliphatic carbocycles. The Hall–Kier alpha value is -1.83. The Morgan fingerprint density at radius 3 is 2.55 bits per heavy atom. The van der Waals surface area contributed by atoms with Gasteiger partial charge in [0.1, 0.15) is 18.0 Å². The summed E-state index contributed by atoms with van der Waals surface area (Å²) in [6, 6.07) is 0. The molecule has 0 unspecified atom stereocenters. The highest BCUT2D eigenvalue weighted by atomic mass is 19.3. The topological polar surface area (TPSA) is 95.1 Å². The van der Waals surface area contributed by atoms with Gasteiger partial charge in [-0.3, -0.25) is 9.59 Å². The van der Waals surface area contributed by atoms with Gasteiger partial charge >= 0.3 is 0 Å². The number of aliphatic hydroxyl groups excluding tert-OH is 1. The molecular weight excluding hydrogens is 272 g/mol. The van der Waals surface area contributed by atoms with Crippen molar-refractivity contribution < 1.29 is 18.7 Å². The number of nitrogens with zero attached hydrogens (tertiary/aromatic N) is 1. The maximum Gasteiger partial charge on any atom is 0.287 e. The maximum atomic E-state index is 12.8. The van der Waals surface area contributed by atoms with Crippen molar-refractivity contribution in [2.24, 2.45) is 0 Å². The molecule has 0 spiro atoms. The normalized spacial score (nSPS) is 11.8. The predicted octanol–water partition coefficient (Wildman–Crippen LogP) is 0.559. The van der Waals surface area contributed by atoms with Crippen molar-refractivity contribution in [2.45, 2.75) is 32.6 Å². The summed E-state index contributed by atoms with van der Waals surface area (Å²) in [5, 5.41) is 10.3. The molecule has 6 nitrogen and oxygen atoms in total. The summed E-state index contributed by atoms with van der Waals surface area (Å²) in [5.41, 5.74) is -0.809. The number of aromatic amines is 1. The Morgan fingerprint density at radius 1 is 1.50 bits per heavy atom. The fourth-order valence-corrected chi connectivity index (χ4v) is 1.50. The van der Waals surface area contributed by atoms with Crippen molar-refractivity contribution >= 4 is 5.91 Å². The van der Waals surface area contributed by atoms with E-state index < -0.39 is 30.5 Å². The third kappa shape index (κ3) is 3.83. The van der Waals surface area contributed by atoms with E-state index in [4.69, 9.17) is 5.11 Å². The summed E-state index contributed by atoms with van der Waals surface area (Å²) in [6.45, 7) is 2.67. The number of aromatic nitrogens is 2. The molecule has 1 aromatic heterocycles. The minimum Gasteiger partial charge on any atom is -0.390 e. The summed E-state index contributed by atoms with van der Waals surface area (Å²) in [6.07, 6.45) is 0. The van der Waals surface area contributed by atoms with Crippen LogP contribution >= 0.6 is 0 Å². The molecule has 1 aromatic rings. The summed E-state index contributed by atoms with van der Waals surface area (Å²) < 4.78 is 25.7. The first-order valence-electron chi connectivity index (χ1n) is 6.05. The number of carbonyl (C=O) groups excluding carboxylic acids is 1. The van der Waals surface area contributed by atoms with E-state index in [2.05, 4.69) is 9.97 Å². The largest absolute Gasteiger partial charge is 0.390 e. The maximum absolute atomic E-state index is 12.8. The van der Waals surface area contributed by atoms with Crippen LogP contribution < -0.4 is 10.9 Å². The van der Waals surface area contributed by atoms with Crippen LogP contribution in [0.5, 0.6) is 0 Å². The fourth-order valence-electron chi connectivity index (χ4n) is 1.50. The van der Waals surface area contributed by atoms with Crippen LogP contribution in [0.3, 0.4) is 0 Å². The number of H-pyrrole nitrogens is 1. The van der Waals surface area contributed by atoms with Gasteiger partial charge in [0.15, 0.2) is 0 Å². The van der Waals surface area contributed by atoms with Crippen molar-refractivity contribution in [2.75, 3.05) is 13.2 Å². The minimum atomic E-state index is -3.43. The summed E-state index contributed by atoms with van der Waals surface area (Å²) >= 11 is 0. The SMILES string of the molecule is Cc1nc(C(C)C)[nH]c(=O)c1C(=O)NCC(F)(F)CO. The number of hydrogen-bond acceptors (Lipinski definition) is 4. The second kappa shape index (κ2) is 6.08. The molecule has 0 aliphatic rings. The average molecular weight is 289 g/mol. The van der Waals surface area contributed by atoms with Crippen LogP contribution in [0.2, 0.25) is 0 Å². The Labute approximate surface area is 114 Å². The number of aryl methyl sites for hydroxylation is 1. The quantitative estimate of drug-likeness (QED) is 0.738. The van der Waals surface area contributed by atoms with Crippen LogP contribution in [0.4, 0.5) is 8.78 Å². The number of aliphatic hydroxyl groups is 1. The van der Waals surface area contributed by atoms with E-state index in [1.165, 1.54) is 6.92 Å². The van der Waals surface area contributed by atoms with Crippen LogP contribution in [-0.2, 0) is 0 Å². The van der Waals surface area contributed by atoms with E-state index in [0.717, 1.165) is 0 Å². The van der Waals surface area contributed by atoms with E-state index in [9.17, 15) is 18.4 Å². The molecule has 1 amide bonds. The van der Waals surface area contributed by atoms with E-state index in [-0.39, 0.29) is 17.2 Å². The molecule has 8 heteroatoms. The molecule has 1 heterocycles. The lowest BCUT2D eigenvalue weighted by molar-refractivity contribution is -0.0462. The summed E-state index contributed by atoms with van der Waals surface area (Å²) in [5.74, 6) is -3.98. The molecule has 112 valence electrons. The van der Waals surface area contributed by atoms with Gasteiger partial charge in [0.25, 0.3) is 17.4 Å². The van der Waals surface area contributed by atoms with Crippen molar-refractivity contribution in [1.29, 1.82) is 0 Å². The lowest BCUT2D eigenvalue weighted by Gasteiger charge is -2.14. The van der Waals surface area contributed by atoms with E-state index >= 15 is 0 Å². The van der Waals surface area contributed by atoms with Gasteiger partial charge in [0, 0.05) is 5.92 Å². The van der Waals surface area contributed by atoms with Gasteiger partial charge in [-0.1, -0.05) is 13.8 Å². The summed E-state index contributed by atoms with van der Waals surface area (Å²) in [4.78, 5) is 30.1. The van der Waals surface area contributed by atoms with E-state index in [0.29, 0.717) is 5.82 Å². The molecule has 0 bridgehead atoms. The zero-order chi connectivity index (χ0) is 15.5. The third-order valence-corrected chi connectivity index (χ3v) is 2.63. The fraction of sp³-hybridized carbons (Fsp3) is 0.583. The first kappa shape index (κ1) is 16.2. The number of hydrogen-bond donors (Lipinski definition) is 3. The van der Waals surface area contributed by atoms with Gasteiger partial charge in [-0.2, -0.15) is 0 Å². The molecule has 0 aliphatic heterocycles. The Kier molecular flexibility index (Phi) is 4.93. The molecule has 0 saturated carbocycles. The lowest BCUT2D eigenvalue weighted by atomic mass is 10.1. The molecule has 0 aromatic carbocycles. The monoisotopic (exact) mass is 289 g/mol. The Morgan fingerprint density at radius 2 is 2.10 bits per heavy atom. The smallest absolute Gasteiger partial charge is 0.287 e. The van der Waals surface area contributed by atoms with Gasteiger partial charge in [-0.25, -0.2) is 13.8 Å². The standard InChI is InChI=1S/C12H17F2N3O3/c1-6(2)9-16-7(3)8(11(20)17-9)10(19)15-4-12(13,14)5-18/h6,18H,4-5H2,1-3H3,(H,15,19)(H,16,17,20).